The van der Waals surface area contributed by atoms with Gasteiger partial charge in [-0.2, -0.15) is 0 Å². The van der Waals surface area contributed by atoms with Gasteiger partial charge in [-0.05, 0) is 23.3 Å². The van der Waals surface area contributed by atoms with Crippen LogP contribution in [0.25, 0.3) is 0 Å². The SMILES string of the molecule is N[C@@H](c1ccc2c(c1)OCCO2)[C@H](O)Cc1ccccc1. The molecule has 0 fully saturated rings. The van der Waals surface area contributed by atoms with Crippen LogP contribution in [0, 0.1) is 0 Å². The third kappa shape index (κ3) is 3.17. The maximum absolute atomic E-state index is 10.3. The minimum Gasteiger partial charge on any atom is -0.486 e. The van der Waals surface area contributed by atoms with E-state index in [1.807, 2.05) is 48.5 Å². The summed E-state index contributed by atoms with van der Waals surface area (Å²) in [6.45, 7) is 1.10. The van der Waals surface area contributed by atoms with E-state index in [1.165, 1.54) is 0 Å². The lowest BCUT2D eigenvalue weighted by Gasteiger charge is -2.23. The molecule has 1 heterocycles. The predicted octanol–water partition coefficient (Wildman–Crippen LogP) is 2.06. The van der Waals surface area contributed by atoms with Gasteiger partial charge in [0, 0.05) is 6.42 Å². The minimum atomic E-state index is -0.644. The molecule has 3 rings (SSSR count). The minimum absolute atomic E-state index is 0.457. The van der Waals surface area contributed by atoms with Gasteiger partial charge in [0.2, 0.25) is 0 Å². The lowest BCUT2D eigenvalue weighted by Crippen LogP contribution is -2.28. The second-order valence-corrected chi connectivity index (χ2v) is 5.19. The molecule has 0 saturated heterocycles. The quantitative estimate of drug-likeness (QED) is 0.902. The van der Waals surface area contributed by atoms with Crippen LogP contribution in [0.15, 0.2) is 48.5 Å². The highest BCUT2D eigenvalue weighted by atomic mass is 16.6. The van der Waals surface area contributed by atoms with Gasteiger partial charge in [0.15, 0.2) is 11.5 Å². The smallest absolute Gasteiger partial charge is 0.161 e. The molecule has 4 heteroatoms. The molecule has 1 aliphatic rings. The summed E-state index contributed by atoms with van der Waals surface area (Å²) in [5, 5.41) is 10.3. The second kappa shape index (κ2) is 6.16. The Bertz CT molecular complexity index is 600. The van der Waals surface area contributed by atoms with E-state index in [0.29, 0.717) is 25.4 Å². The number of fused-ring (bicyclic) bond motifs is 1. The number of nitrogens with two attached hydrogens (primary N) is 1. The van der Waals surface area contributed by atoms with Crippen molar-refractivity contribution in [3.8, 4) is 11.5 Å². The molecular weight excluding hydrogens is 266 g/mol. The van der Waals surface area contributed by atoms with Crippen molar-refractivity contribution in [2.75, 3.05) is 13.2 Å². The molecule has 110 valence electrons. The first-order valence-electron chi connectivity index (χ1n) is 7.11. The number of ether oxygens (including phenoxy) is 2. The van der Waals surface area contributed by atoms with E-state index >= 15 is 0 Å². The topological polar surface area (TPSA) is 64.7 Å². The fourth-order valence-corrected chi connectivity index (χ4v) is 2.47. The first kappa shape index (κ1) is 13.9. The highest BCUT2D eigenvalue weighted by molar-refractivity contribution is 5.44. The zero-order valence-corrected chi connectivity index (χ0v) is 11.7. The number of aliphatic hydroxyl groups excluding tert-OH is 1. The van der Waals surface area contributed by atoms with Gasteiger partial charge in [0.1, 0.15) is 13.2 Å². The van der Waals surface area contributed by atoms with Crippen molar-refractivity contribution in [2.24, 2.45) is 5.73 Å². The van der Waals surface area contributed by atoms with Gasteiger partial charge < -0.3 is 20.3 Å². The van der Waals surface area contributed by atoms with Crippen molar-refractivity contribution in [1.29, 1.82) is 0 Å². The van der Waals surface area contributed by atoms with Crippen molar-refractivity contribution < 1.29 is 14.6 Å². The summed E-state index contributed by atoms with van der Waals surface area (Å²) < 4.78 is 11.0. The van der Waals surface area contributed by atoms with E-state index in [0.717, 1.165) is 16.9 Å². The summed E-state index contributed by atoms with van der Waals surface area (Å²) in [4.78, 5) is 0. The van der Waals surface area contributed by atoms with E-state index in [2.05, 4.69) is 0 Å². The van der Waals surface area contributed by atoms with Crippen molar-refractivity contribution in [3.05, 3.63) is 59.7 Å². The Labute approximate surface area is 124 Å². The van der Waals surface area contributed by atoms with Gasteiger partial charge >= 0.3 is 0 Å². The van der Waals surface area contributed by atoms with E-state index < -0.39 is 12.1 Å². The first-order valence-corrected chi connectivity index (χ1v) is 7.11. The number of aliphatic hydroxyl groups is 1. The molecule has 0 saturated carbocycles. The van der Waals surface area contributed by atoms with Crippen LogP contribution < -0.4 is 15.2 Å². The first-order chi connectivity index (χ1) is 10.2. The van der Waals surface area contributed by atoms with Crippen LogP contribution in [0.3, 0.4) is 0 Å². The van der Waals surface area contributed by atoms with Crippen molar-refractivity contribution >= 4 is 0 Å². The van der Waals surface area contributed by atoms with Crippen LogP contribution >= 0.6 is 0 Å². The third-order valence-electron chi connectivity index (χ3n) is 3.65. The molecule has 2 aromatic carbocycles. The second-order valence-electron chi connectivity index (χ2n) is 5.19. The van der Waals surface area contributed by atoms with E-state index in [-0.39, 0.29) is 0 Å². The maximum Gasteiger partial charge on any atom is 0.161 e. The molecule has 3 N–H and O–H groups in total. The number of hydrogen-bond acceptors (Lipinski definition) is 4. The van der Waals surface area contributed by atoms with Crippen molar-refractivity contribution in [2.45, 2.75) is 18.6 Å². The summed E-state index contributed by atoms with van der Waals surface area (Å²) >= 11 is 0. The molecular formula is C17H19NO3. The summed E-state index contributed by atoms with van der Waals surface area (Å²) in [6, 6.07) is 15.0. The highest BCUT2D eigenvalue weighted by Crippen LogP contribution is 2.33. The molecule has 0 aromatic heterocycles. The van der Waals surface area contributed by atoms with Crippen LogP contribution in [0.2, 0.25) is 0 Å². The molecule has 2 atom stereocenters. The monoisotopic (exact) mass is 285 g/mol. The normalized spacial score (nSPS) is 16.3. The van der Waals surface area contributed by atoms with Crippen LogP contribution in [-0.4, -0.2) is 24.4 Å². The van der Waals surface area contributed by atoms with Gasteiger partial charge in [-0.1, -0.05) is 36.4 Å². The summed E-state index contributed by atoms with van der Waals surface area (Å²) in [5.41, 5.74) is 8.09. The van der Waals surface area contributed by atoms with E-state index in [4.69, 9.17) is 15.2 Å². The lowest BCUT2D eigenvalue weighted by atomic mass is 9.96. The van der Waals surface area contributed by atoms with Gasteiger partial charge in [0.25, 0.3) is 0 Å². The molecule has 0 radical (unpaired) electrons. The summed E-state index contributed by atoms with van der Waals surface area (Å²) in [7, 11) is 0. The number of benzene rings is 2. The average molecular weight is 285 g/mol. The van der Waals surface area contributed by atoms with Gasteiger partial charge in [-0.15, -0.1) is 0 Å². The Kier molecular flexibility index (Phi) is 4.08. The Morgan fingerprint density at radius 3 is 2.48 bits per heavy atom. The Morgan fingerprint density at radius 2 is 1.71 bits per heavy atom. The fraction of sp³-hybridized carbons (Fsp3) is 0.294. The van der Waals surface area contributed by atoms with E-state index in [1.54, 1.807) is 0 Å². The van der Waals surface area contributed by atoms with Gasteiger partial charge in [-0.25, -0.2) is 0 Å². The molecule has 0 aliphatic carbocycles. The molecule has 0 spiro atoms. The largest absolute Gasteiger partial charge is 0.486 e. The molecule has 0 unspecified atom stereocenters. The summed E-state index contributed by atoms with van der Waals surface area (Å²) in [6.07, 6.45) is -0.119. The number of hydrogen-bond donors (Lipinski definition) is 2. The molecule has 4 nitrogen and oxygen atoms in total. The summed E-state index contributed by atoms with van der Waals surface area (Å²) in [5.74, 6) is 1.43. The van der Waals surface area contributed by atoms with Crippen molar-refractivity contribution in [3.63, 3.8) is 0 Å². The number of rotatable bonds is 4. The standard InChI is InChI=1S/C17H19NO3/c18-17(14(19)10-12-4-2-1-3-5-12)13-6-7-15-16(11-13)21-9-8-20-15/h1-7,11,14,17,19H,8-10,18H2/t14-,17+/m1/s1. The van der Waals surface area contributed by atoms with Crippen LogP contribution in [-0.2, 0) is 6.42 Å². The Hall–Kier alpha value is -2.04. The zero-order valence-electron chi connectivity index (χ0n) is 11.7. The van der Waals surface area contributed by atoms with Crippen LogP contribution in [0.1, 0.15) is 17.2 Å². The fourth-order valence-electron chi connectivity index (χ4n) is 2.47. The zero-order chi connectivity index (χ0) is 14.7. The predicted molar refractivity (Wildman–Crippen MR) is 80.5 cm³/mol. The Balaban J connectivity index is 1.73. The van der Waals surface area contributed by atoms with Crippen LogP contribution in [0.4, 0.5) is 0 Å². The Morgan fingerprint density at radius 1 is 1.00 bits per heavy atom. The lowest BCUT2D eigenvalue weighted by molar-refractivity contribution is 0.144. The molecule has 2 aromatic rings. The van der Waals surface area contributed by atoms with Crippen LogP contribution in [0.5, 0.6) is 11.5 Å². The average Bonchev–Trinajstić information content (AvgIpc) is 2.54. The maximum atomic E-state index is 10.3. The van der Waals surface area contributed by atoms with Gasteiger partial charge in [0.05, 0.1) is 12.1 Å². The molecule has 0 amide bonds. The third-order valence-corrected chi connectivity index (χ3v) is 3.65. The van der Waals surface area contributed by atoms with Crippen molar-refractivity contribution in [1.82, 2.24) is 0 Å². The molecule has 0 bridgehead atoms. The van der Waals surface area contributed by atoms with E-state index in [9.17, 15) is 5.11 Å². The highest BCUT2D eigenvalue weighted by Gasteiger charge is 2.20. The van der Waals surface area contributed by atoms with Gasteiger partial charge in [-0.3, -0.25) is 0 Å². The molecule has 21 heavy (non-hydrogen) atoms. The molecule has 1 aliphatic heterocycles.